The number of rotatable bonds is 7. The van der Waals surface area contributed by atoms with Gasteiger partial charge in [0.2, 0.25) is 0 Å². The zero-order valence-corrected chi connectivity index (χ0v) is 18.4. The van der Waals surface area contributed by atoms with Crippen LogP contribution < -0.4 is 11.2 Å². The molecular formula is C16H24BrN2O8P. The van der Waals surface area contributed by atoms with E-state index in [1.165, 1.54) is 10.8 Å². The van der Waals surface area contributed by atoms with Gasteiger partial charge in [-0.25, -0.2) is 4.79 Å². The van der Waals surface area contributed by atoms with Gasteiger partial charge in [-0.3, -0.25) is 18.9 Å². The number of nitrogens with zero attached hydrogens (tertiary/aromatic N) is 1. The number of hydrogen-bond acceptors (Lipinski definition) is 8. The van der Waals surface area contributed by atoms with Gasteiger partial charge >= 0.3 is 13.3 Å². The van der Waals surface area contributed by atoms with Crippen LogP contribution in [0.15, 0.2) is 15.8 Å². The quantitative estimate of drug-likeness (QED) is 0.462. The minimum Gasteiger partial charge on any atom is -0.349 e. The lowest BCUT2D eigenvalue weighted by Crippen LogP contribution is -2.51. The second kappa shape index (κ2) is 8.51. The second-order valence-corrected chi connectivity index (χ2v) is 9.24. The first-order valence-electron chi connectivity index (χ1n) is 9.03. The summed E-state index contributed by atoms with van der Waals surface area (Å²) in [5, 5.41) is 0.0723. The second-order valence-electron chi connectivity index (χ2n) is 6.49. The summed E-state index contributed by atoms with van der Waals surface area (Å²) in [5.41, 5.74) is -2.22. The first-order valence-corrected chi connectivity index (χ1v) is 11.7. The van der Waals surface area contributed by atoms with Gasteiger partial charge in [0.05, 0.1) is 31.3 Å². The zero-order chi connectivity index (χ0) is 20.5. The van der Waals surface area contributed by atoms with Gasteiger partial charge in [-0.05, 0) is 20.8 Å². The third-order valence-corrected chi connectivity index (χ3v) is 8.22. The Morgan fingerprint density at radius 2 is 2.00 bits per heavy atom. The lowest BCUT2D eigenvalue weighted by Gasteiger charge is -2.43. The van der Waals surface area contributed by atoms with Crippen molar-refractivity contribution in [3.63, 3.8) is 0 Å². The molecule has 4 atom stereocenters. The number of halogens is 1. The standard InChI is InChI=1S/C16H24BrN2O8P/c1-4-24-28(22,25-5-2)16(9-17)23-8-12-11(27-16)6-13(26-12)19-7-10(3)14(20)18-15(19)21/h7,11-13H,4-6,8-9H2,1-3H3,(H,18,20,21)/t11-,12+,13+,16-/m0/s1. The molecule has 0 amide bonds. The maximum absolute atomic E-state index is 13.3. The normalized spacial score (nSPS) is 30.4. The molecule has 2 aliphatic rings. The zero-order valence-electron chi connectivity index (χ0n) is 15.9. The molecule has 0 bridgehead atoms. The van der Waals surface area contributed by atoms with E-state index >= 15 is 0 Å². The number of aromatic nitrogens is 2. The van der Waals surface area contributed by atoms with Gasteiger partial charge < -0.3 is 23.3 Å². The summed E-state index contributed by atoms with van der Waals surface area (Å²) in [6.45, 7) is 5.44. The summed E-state index contributed by atoms with van der Waals surface area (Å²) in [5.74, 6) is 0. The predicted octanol–water partition coefficient (Wildman–Crippen LogP) is 1.86. The Morgan fingerprint density at radius 1 is 1.32 bits per heavy atom. The number of hydrogen-bond donors (Lipinski definition) is 1. The minimum absolute atomic E-state index is 0.0723. The molecule has 0 saturated carbocycles. The maximum atomic E-state index is 13.3. The Bertz CT molecular complexity index is 863. The average Bonchev–Trinajstić information content (AvgIpc) is 3.07. The van der Waals surface area contributed by atoms with E-state index in [9.17, 15) is 14.2 Å². The van der Waals surface area contributed by atoms with Crippen molar-refractivity contribution in [3.8, 4) is 0 Å². The Labute approximate surface area is 170 Å². The van der Waals surface area contributed by atoms with Crippen molar-refractivity contribution in [1.29, 1.82) is 0 Å². The SMILES string of the molecule is CCOP(=O)(OCC)[C@@]1(CBr)OC[C@H]2O[C@@H](n3cc(C)c(=O)[nH]c3=O)C[C@@H]2O1. The average molecular weight is 483 g/mol. The van der Waals surface area contributed by atoms with Crippen LogP contribution >= 0.6 is 23.5 Å². The first kappa shape index (κ1) is 21.9. The molecule has 158 valence electrons. The lowest BCUT2D eigenvalue weighted by molar-refractivity contribution is -0.265. The van der Waals surface area contributed by atoms with E-state index in [0.29, 0.717) is 12.0 Å². The molecule has 12 heteroatoms. The van der Waals surface area contributed by atoms with Gasteiger partial charge in [0.15, 0.2) is 0 Å². The van der Waals surface area contributed by atoms with Crippen molar-refractivity contribution in [2.45, 2.75) is 51.2 Å². The summed E-state index contributed by atoms with van der Waals surface area (Å²) >= 11 is 3.31. The van der Waals surface area contributed by atoms with E-state index in [0.717, 1.165) is 0 Å². The highest BCUT2D eigenvalue weighted by Crippen LogP contribution is 2.63. The number of alkyl halides is 1. The molecule has 1 aromatic heterocycles. The molecule has 3 heterocycles. The largest absolute Gasteiger partial charge is 0.390 e. The number of ether oxygens (including phenoxy) is 3. The molecule has 0 radical (unpaired) electrons. The summed E-state index contributed by atoms with van der Waals surface area (Å²) < 4.78 is 43.3. The van der Waals surface area contributed by atoms with Crippen LogP contribution in [0, 0.1) is 6.92 Å². The van der Waals surface area contributed by atoms with Crippen molar-refractivity contribution in [2.75, 3.05) is 25.2 Å². The highest BCUT2D eigenvalue weighted by atomic mass is 79.9. The van der Waals surface area contributed by atoms with Crippen molar-refractivity contribution < 1.29 is 27.8 Å². The summed E-state index contributed by atoms with van der Waals surface area (Å²) in [4.78, 5) is 26.0. The fourth-order valence-electron chi connectivity index (χ4n) is 3.29. The number of aromatic amines is 1. The fourth-order valence-corrected chi connectivity index (χ4v) is 6.30. The van der Waals surface area contributed by atoms with E-state index in [2.05, 4.69) is 20.9 Å². The van der Waals surface area contributed by atoms with Crippen LogP contribution in [0.1, 0.15) is 32.1 Å². The number of aryl methyl sites for hydroxylation is 1. The molecule has 1 N–H and O–H groups in total. The van der Waals surface area contributed by atoms with E-state index in [1.807, 2.05) is 0 Å². The van der Waals surface area contributed by atoms with Gasteiger partial charge in [-0.2, -0.15) is 0 Å². The van der Waals surface area contributed by atoms with Crippen LogP contribution in [-0.2, 0) is 27.8 Å². The molecule has 2 saturated heterocycles. The van der Waals surface area contributed by atoms with Crippen LogP contribution in [0.2, 0.25) is 0 Å². The Balaban J connectivity index is 1.85. The van der Waals surface area contributed by atoms with Crippen LogP contribution in [0.3, 0.4) is 0 Å². The monoisotopic (exact) mass is 482 g/mol. The van der Waals surface area contributed by atoms with Gasteiger partial charge in [0.25, 0.3) is 11.1 Å². The predicted molar refractivity (Wildman–Crippen MR) is 103 cm³/mol. The van der Waals surface area contributed by atoms with E-state index in [4.69, 9.17) is 23.3 Å². The summed E-state index contributed by atoms with van der Waals surface area (Å²) in [6, 6.07) is 0. The van der Waals surface area contributed by atoms with Crippen LogP contribution in [0.4, 0.5) is 0 Å². The Hall–Kier alpha value is -0.810. The van der Waals surface area contributed by atoms with Crippen LogP contribution in [0.5, 0.6) is 0 Å². The molecule has 0 aromatic carbocycles. The molecule has 3 rings (SSSR count). The summed E-state index contributed by atoms with van der Waals surface area (Å²) in [6.07, 6.45) is 0.156. The minimum atomic E-state index is -3.75. The smallest absolute Gasteiger partial charge is 0.349 e. The van der Waals surface area contributed by atoms with Crippen LogP contribution in [-0.4, -0.2) is 52.4 Å². The number of fused-ring (bicyclic) bond motifs is 1. The third-order valence-electron chi connectivity index (χ3n) is 4.63. The molecule has 0 spiro atoms. The third kappa shape index (κ3) is 3.81. The van der Waals surface area contributed by atoms with E-state index < -0.39 is 42.8 Å². The first-order chi connectivity index (χ1) is 13.3. The Kier molecular flexibility index (Phi) is 6.65. The van der Waals surface area contributed by atoms with Crippen molar-refractivity contribution in [2.24, 2.45) is 0 Å². The van der Waals surface area contributed by atoms with Crippen molar-refractivity contribution >= 4 is 23.5 Å². The molecule has 0 aliphatic carbocycles. The van der Waals surface area contributed by atoms with E-state index in [1.54, 1.807) is 20.8 Å². The topological polar surface area (TPSA) is 118 Å². The highest BCUT2D eigenvalue weighted by Gasteiger charge is 2.60. The molecule has 2 fully saturated rings. The van der Waals surface area contributed by atoms with Gasteiger partial charge in [0, 0.05) is 18.2 Å². The molecule has 1 aromatic rings. The van der Waals surface area contributed by atoms with Crippen molar-refractivity contribution in [3.05, 3.63) is 32.6 Å². The molecule has 0 unspecified atom stereocenters. The maximum Gasteiger partial charge on any atom is 0.390 e. The van der Waals surface area contributed by atoms with Gasteiger partial charge in [-0.15, -0.1) is 0 Å². The van der Waals surface area contributed by atoms with Crippen LogP contribution in [0.25, 0.3) is 0 Å². The van der Waals surface area contributed by atoms with E-state index in [-0.39, 0.29) is 25.2 Å². The molecule has 2 aliphatic heterocycles. The number of nitrogens with one attached hydrogen (secondary N) is 1. The molecule has 10 nitrogen and oxygen atoms in total. The van der Waals surface area contributed by atoms with Crippen molar-refractivity contribution in [1.82, 2.24) is 9.55 Å². The molecule has 28 heavy (non-hydrogen) atoms. The highest BCUT2D eigenvalue weighted by molar-refractivity contribution is 9.09. The molecular weight excluding hydrogens is 459 g/mol. The fraction of sp³-hybridized carbons (Fsp3) is 0.750. The van der Waals surface area contributed by atoms with Gasteiger partial charge in [0.1, 0.15) is 12.3 Å². The lowest BCUT2D eigenvalue weighted by atomic mass is 10.1. The summed E-state index contributed by atoms with van der Waals surface area (Å²) in [7, 11) is -3.75. The van der Waals surface area contributed by atoms with Gasteiger partial charge in [-0.1, -0.05) is 15.9 Å². The number of H-pyrrole nitrogens is 1. The Morgan fingerprint density at radius 3 is 2.61 bits per heavy atom.